The summed E-state index contributed by atoms with van der Waals surface area (Å²) in [6.45, 7) is 9.88. The smallest absolute Gasteiger partial charge is 0.339 e. The van der Waals surface area contributed by atoms with Crippen LogP contribution in [-0.4, -0.2) is 54.1 Å². The largest absolute Gasteiger partial charge is 0.398 e. The van der Waals surface area contributed by atoms with Crippen LogP contribution in [0.2, 0.25) is 12.1 Å². The van der Waals surface area contributed by atoms with Crippen LogP contribution < -0.4 is 0 Å². The van der Waals surface area contributed by atoms with Gasteiger partial charge in [-0.1, -0.05) is 20.8 Å². The van der Waals surface area contributed by atoms with Gasteiger partial charge in [-0.05, 0) is 19.1 Å². The van der Waals surface area contributed by atoms with Gasteiger partial charge in [0.2, 0.25) is 0 Å². The maximum Gasteiger partial charge on any atom is 0.339 e. The highest BCUT2D eigenvalue weighted by atomic mass is 28.4. The summed E-state index contributed by atoms with van der Waals surface area (Å²) in [5, 5.41) is 0. The van der Waals surface area contributed by atoms with Crippen molar-refractivity contribution in [1.29, 1.82) is 0 Å². The van der Waals surface area contributed by atoms with E-state index in [-0.39, 0.29) is 0 Å². The Kier molecular flexibility index (Phi) is 9.16. The molecular weight excluding hydrogens is 222 g/mol. The summed E-state index contributed by atoms with van der Waals surface area (Å²) >= 11 is 0. The molecule has 0 bridgehead atoms. The van der Waals surface area contributed by atoms with Crippen molar-refractivity contribution in [1.82, 2.24) is 4.90 Å². The van der Waals surface area contributed by atoms with Crippen LogP contribution >= 0.6 is 0 Å². The van der Waals surface area contributed by atoms with Crippen molar-refractivity contribution in [3.8, 4) is 0 Å². The number of nitrogens with zero attached hydrogens (tertiary/aromatic N) is 1. The quantitative estimate of drug-likeness (QED) is 0.337. The van der Waals surface area contributed by atoms with Gasteiger partial charge < -0.3 is 13.6 Å². The van der Waals surface area contributed by atoms with E-state index in [4.69, 9.17) is 13.6 Å². The molecule has 0 saturated heterocycles. The Bertz CT molecular complexity index is 153. The Morgan fingerprint density at radius 1 is 1.00 bits per heavy atom. The summed E-state index contributed by atoms with van der Waals surface area (Å²) in [5.74, 6) is 0. The molecule has 5 heteroatoms. The zero-order valence-electron chi connectivity index (χ0n) is 11.4. The average molecular weight is 249 g/mol. The van der Waals surface area contributed by atoms with E-state index < -0.39 is 8.56 Å². The van der Waals surface area contributed by atoms with Gasteiger partial charge in [-0.15, -0.1) is 0 Å². The van der Waals surface area contributed by atoms with Crippen LogP contribution in [0.15, 0.2) is 0 Å². The predicted octanol–water partition coefficient (Wildman–Crippen LogP) is 2.06. The zero-order valence-corrected chi connectivity index (χ0v) is 12.4. The molecule has 0 aliphatic carbocycles. The lowest BCUT2D eigenvalue weighted by Crippen LogP contribution is -2.40. The van der Waals surface area contributed by atoms with E-state index in [1.807, 2.05) is 0 Å². The molecule has 0 N–H and O–H groups in total. The lowest BCUT2D eigenvalue weighted by atomic mass is 10.6. The van der Waals surface area contributed by atoms with Gasteiger partial charge in [-0.25, -0.2) is 0 Å². The maximum absolute atomic E-state index is 5.64. The van der Waals surface area contributed by atoms with E-state index in [9.17, 15) is 0 Å². The monoisotopic (exact) mass is 249 g/mol. The van der Waals surface area contributed by atoms with Crippen LogP contribution in [0.3, 0.4) is 0 Å². The van der Waals surface area contributed by atoms with E-state index in [1.165, 1.54) is 0 Å². The molecule has 4 nitrogen and oxygen atoms in total. The normalized spacial score (nSPS) is 12.4. The highest BCUT2D eigenvalue weighted by molar-refractivity contribution is 6.67. The van der Waals surface area contributed by atoms with Crippen molar-refractivity contribution in [3.05, 3.63) is 0 Å². The third kappa shape index (κ3) is 5.40. The van der Waals surface area contributed by atoms with Gasteiger partial charge in [-0.2, -0.15) is 0 Å². The third-order valence-corrected chi connectivity index (χ3v) is 6.61. The molecule has 0 fully saturated rings. The Balaban J connectivity index is 3.78. The fourth-order valence-corrected chi connectivity index (χ4v) is 3.54. The van der Waals surface area contributed by atoms with Gasteiger partial charge in [0.25, 0.3) is 0 Å². The predicted molar refractivity (Wildman–Crippen MR) is 68.8 cm³/mol. The first-order chi connectivity index (χ1) is 7.67. The van der Waals surface area contributed by atoms with Crippen LogP contribution in [0.25, 0.3) is 0 Å². The third-order valence-electron chi connectivity index (χ3n) is 3.08. The first kappa shape index (κ1) is 16.1. The maximum atomic E-state index is 5.64. The molecule has 0 aromatic heterocycles. The van der Waals surface area contributed by atoms with Gasteiger partial charge in [0.1, 0.15) is 0 Å². The van der Waals surface area contributed by atoms with Crippen molar-refractivity contribution in [2.45, 2.75) is 32.9 Å². The summed E-state index contributed by atoms with van der Waals surface area (Å²) in [6.07, 6.45) is 0. The van der Waals surface area contributed by atoms with E-state index in [0.29, 0.717) is 6.73 Å². The molecule has 0 aliphatic heterocycles. The van der Waals surface area contributed by atoms with Crippen molar-refractivity contribution in [3.63, 3.8) is 0 Å². The first-order valence-electron chi connectivity index (χ1n) is 6.08. The standard InChI is InChI=1S/C11H27NO3Si/c1-6-12(7-2)11-15-9-10-16(8-3,13-4)14-5/h6-11H2,1-5H3. The topological polar surface area (TPSA) is 30.9 Å². The fraction of sp³-hybridized carbons (Fsp3) is 1.00. The second kappa shape index (κ2) is 9.12. The zero-order chi connectivity index (χ0) is 12.4. The number of rotatable bonds is 10. The van der Waals surface area contributed by atoms with Crippen LogP contribution in [0, 0.1) is 0 Å². The molecule has 0 radical (unpaired) electrons. The molecule has 0 heterocycles. The average Bonchev–Trinajstić information content (AvgIpc) is 2.35. The van der Waals surface area contributed by atoms with Crippen LogP contribution in [0.5, 0.6) is 0 Å². The molecule has 16 heavy (non-hydrogen) atoms. The summed E-state index contributed by atoms with van der Waals surface area (Å²) < 4.78 is 16.7. The van der Waals surface area contributed by atoms with E-state index in [1.54, 1.807) is 14.2 Å². The van der Waals surface area contributed by atoms with Crippen molar-refractivity contribution < 1.29 is 13.6 Å². The van der Waals surface area contributed by atoms with Crippen molar-refractivity contribution in [2.24, 2.45) is 0 Å². The van der Waals surface area contributed by atoms with Crippen molar-refractivity contribution >= 4 is 8.56 Å². The van der Waals surface area contributed by atoms with Crippen LogP contribution in [0.4, 0.5) is 0 Å². The summed E-state index contributed by atoms with van der Waals surface area (Å²) in [6, 6.07) is 1.87. The molecule has 0 rings (SSSR count). The van der Waals surface area contributed by atoms with Crippen molar-refractivity contribution in [2.75, 3.05) is 40.6 Å². The van der Waals surface area contributed by atoms with Gasteiger partial charge in [0.15, 0.2) is 0 Å². The van der Waals surface area contributed by atoms with Gasteiger partial charge >= 0.3 is 8.56 Å². The SMILES string of the molecule is CCN(CC)COCC[Si](CC)(OC)OC. The highest BCUT2D eigenvalue weighted by Gasteiger charge is 2.32. The number of ether oxygens (including phenoxy) is 1. The fourth-order valence-electron chi connectivity index (χ4n) is 1.58. The molecule has 0 aromatic rings. The second-order valence-electron chi connectivity index (χ2n) is 3.76. The van der Waals surface area contributed by atoms with Crippen LogP contribution in [0.1, 0.15) is 20.8 Å². The summed E-state index contributed by atoms with van der Waals surface area (Å²) in [7, 11) is 1.53. The Morgan fingerprint density at radius 2 is 1.56 bits per heavy atom. The molecule has 0 amide bonds. The lowest BCUT2D eigenvalue weighted by molar-refractivity contribution is 0.0380. The molecule has 0 aliphatic rings. The molecule has 0 saturated carbocycles. The molecular formula is C11H27NO3Si. The van der Waals surface area contributed by atoms with Crippen LogP contribution in [-0.2, 0) is 13.6 Å². The van der Waals surface area contributed by atoms with E-state index in [2.05, 4.69) is 25.7 Å². The lowest BCUT2D eigenvalue weighted by Gasteiger charge is -2.26. The molecule has 0 atom stereocenters. The first-order valence-corrected chi connectivity index (χ1v) is 8.31. The van der Waals surface area contributed by atoms with Gasteiger partial charge in [0.05, 0.1) is 13.3 Å². The molecule has 0 aromatic carbocycles. The Labute approximate surface area is 101 Å². The minimum Gasteiger partial charge on any atom is -0.398 e. The van der Waals surface area contributed by atoms with Gasteiger partial charge in [0, 0.05) is 20.3 Å². The minimum absolute atomic E-state index is 0.703. The molecule has 98 valence electrons. The second-order valence-corrected chi connectivity index (χ2v) is 7.61. The Morgan fingerprint density at radius 3 is 1.94 bits per heavy atom. The molecule has 0 spiro atoms. The summed E-state index contributed by atoms with van der Waals surface area (Å²) in [4.78, 5) is 2.24. The molecule has 0 unspecified atom stereocenters. The summed E-state index contributed by atoms with van der Waals surface area (Å²) in [5.41, 5.74) is 0. The van der Waals surface area contributed by atoms with E-state index >= 15 is 0 Å². The highest BCUT2D eigenvalue weighted by Crippen LogP contribution is 2.16. The number of hydrogen-bond acceptors (Lipinski definition) is 4. The number of hydrogen-bond donors (Lipinski definition) is 0. The Hall–Kier alpha value is 0.0569. The van der Waals surface area contributed by atoms with Gasteiger partial charge in [-0.3, -0.25) is 4.90 Å². The van der Waals surface area contributed by atoms with E-state index in [0.717, 1.165) is 31.8 Å². The minimum atomic E-state index is -1.95.